The summed E-state index contributed by atoms with van der Waals surface area (Å²) in [5.41, 5.74) is 1.92. The van der Waals surface area contributed by atoms with E-state index in [0.29, 0.717) is 10.9 Å². The first kappa shape index (κ1) is 16.3. The molecule has 0 spiro atoms. The van der Waals surface area contributed by atoms with Crippen molar-refractivity contribution in [2.45, 2.75) is 19.0 Å². The minimum Gasteiger partial charge on any atom is -0.325 e. The van der Waals surface area contributed by atoms with Crippen LogP contribution in [0.15, 0.2) is 29.4 Å². The van der Waals surface area contributed by atoms with E-state index < -0.39 is 11.6 Å². The number of carbonyl (C=O) groups is 1. The smallest absolute Gasteiger partial charge is 0.253 e. The number of aryl methyl sites for hydroxylation is 2. The number of carbonyl (C=O) groups excluding carboxylic acids is 1. The maximum atomic E-state index is 13.1. The normalized spacial score (nSPS) is 11.0. The highest BCUT2D eigenvalue weighted by Crippen LogP contribution is 2.17. The van der Waals surface area contributed by atoms with Crippen LogP contribution >= 0.6 is 11.8 Å². The van der Waals surface area contributed by atoms with Crippen LogP contribution in [0.2, 0.25) is 0 Å². The summed E-state index contributed by atoms with van der Waals surface area (Å²) in [4.78, 5) is 20.4. The van der Waals surface area contributed by atoms with Crippen molar-refractivity contribution in [3.63, 3.8) is 0 Å². The zero-order chi connectivity index (χ0) is 17.3. The molecule has 0 atom stereocenters. The molecule has 124 valence electrons. The number of rotatable bonds is 4. The molecule has 0 saturated heterocycles. The second-order valence-electron chi connectivity index (χ2n) is 5.11. The van der Waals surface area contributed by atoms with Gasteiger partial charge in [0.1, 0.15) is 0 Å². The lowest BCUT2D eigenvalue weighted by molar-refractivity contribution is -0.113. The molecular formula is C15H13F2N5OS. The highest BCUT2D eigenvalue weighted by Gasteiger charge is 2.11. The number of benzene rings is 1. The van der Waals surface area contributed by atoms with Gasteiger partial charge < -0.3 is 5.32 Å². The molecule has 3 aromatic rings. The van der Waals surface area contributed by atoms with Crippen LogP contribution < -0.4 is 5.32 Å². The molecule has 0 aliphatic heterocycles. The fraction of sp³-hybridized carbons (Fsp3) is 0.200. The molecule has 2 heterocycles. The van der Waals surface area contributed by atoms with E-state index in [2.05, 4.69) is 20.4 Å². The van der Waals surface area contributed by atoms with Gasteiger partial charge in [0.2, 0.25) is 11.1 Å². The Morgan fingerprint density at radius 2 is 2.00 bits per heavy atom. The summed E-state index contributed by atoms with van der Waals surface area (Å²) < 4.78 is 27.6. The average Bonchev–Trinajstić information content (AvgIpc) is 2.92. The van der Waals surface area contributed by atoms with Crippen LogP contribution in [-0.2, 0) is 4.79 Å². The zero-order valence-electron chi connectivity index (χ0n) is 12.9. The van der Waals surface area contributed by atoms with Crippen molar-refractivity contribution in [1.29, 1.82) is 0 Å². The van der Waals surface area contributed by atoms with Gasteiger partial charge in [-0.3, -0.25) is 4.79 Å². The fourth-order valence-corrected chi connectivity index (χ4v) is 2.73. The SMILES string of the molecule is Cc1cc(C)n2nc(SCC(=O)Nc3ccc(F)c(F)c3)nc2n1. The average molecular weight is 349 g/mol. The van der Waals surface area contributed by atoms with Gasteiger partial charge in [0.05, 0.1) is 5.75 Å². The summed E-state index contributed by atoms with van der Waals surface area (Å²) in [6, 6.07) is 5.06. The van der Waals surface area contributed by atoms with Crippen molar-refractivity contribution < 1.29 is 13.6 Å². The molecule has 2 aromatic heterocycles. The van der Waals surface area contributed by atoms with Gasteiger partial charge in [-0.1, -0.05) is 11.8 Å². The van der Waals surface area contributed by atoms with Crippen molar-refractivity contribution >= 4 is 29.1 Å². The summed E-state index contributed by atoms with van der Waals surface area (Å²) in [5, 5.41) is 7.18. The number of hydrogen-bond acceptors (Lipinski definition) is 5. The van der Waals surface area contributed by atoms with Crippen LogP contribution in [-0.4, -0.2) is 31.2 Å². The number of halogens is 2. The molecule has 1 aromatic carbocycles. The standard InChI is InChI=1S/C15H13F2N5OS/c1-8-5-9(2)22-14(18-8)20-15(21-22)24-7-13(23)19-10-3-4-11(16)12(17)6-10/h3-6H,7H2,1-2H3,(H,19,23). The first-order chi connectivity index (χ1) is 11.4. The van der Waals surface area contributed by atoms with Crippen molar-refractivity contribution in [2.75, 3.05) is 11.1 Å². The van der Waals surface area contributed by atoms with Crippen molar-refractivity contribution in [2.24, 2.45) is 0 Å². The maximum Gasteiger partial charge on any atom is 0.253 e. The monoisotopic (exact) mass is 349 g/mol. The van der Waals surface area contributed by atoms with Gasteiger partial charge in [-0.25, -0.2) is 18.3 Å². The predicted molar refractivity (Wildman–Crippen MR) is 86.0 cm³/mol. The summed E-state index contributed by atoms with van der Waals surface area (Å²) in [6.07, 6.45) is 0. The van der Waals surface area contributed by atoms with Gasteiger partial charge in [0, 0.05) is 23.1 Å². The van der Waals surface area contributed by atoms with Gasteiger partial charge in [-0.15, -0.1) is 5.10 Å². The Labute approximate surface area is 140 Å². The highest BCUT2D eigenvalue weighted by atomic mass is 32.2. The van der Waals surface area contributed by atoms with E-state index in [-0.39, 0.29) is 17.3 Å². The number of nitrogens with one attached hydrogen (secondary N) is 1. The van der Waals surface area contributed by atoms with Crippen molar-refractivity contribution in [1.82, 2.24) is 19.6 Å². The van der Waals surface area contributed by atoms with E-state index in [1.165, 1.54) is 6.07 Å². The molecule has 0 saturated carbocycles. The van der Waals surface area contributed by atoms with E-state index in [1.54, 1.807) is 4.52 Å². The largest absolute Gasteiger partial charge is 0.325 e. The Balaban J connectivity index is 1.65. The highest BCUT2D eigenvalue weighted by molar-refractivity contribution is 7.99. The topological polar surface area (TPSA) is 72.2 Å². The third-order valence-electron chi connectivity index (χ3n) is 3.13. The molecule has 0 aliphatic carbocycles. The van der Waals surface area contributed by atoms with Gasteiger partial charge in [-0.05, 0) is 32.0 Å². The minimum atomic E-state index is -1.01. The predicted octanol–water partition coefficient (Wildman–Crippen LogP) is 2.75. The summed E-state index contributed by atoms with van der Waals surface area (Å²) in [7, 11) is 0. The molecule has 0 unspecified atom stereocenters. The molecular weight excluding hydrogens is 336 g/mol. The van der Waals surface area contributed by atoms with Gasteiger partial charge in [0.15, 0.2) is 11.6 Å². The number of hydrogen-bond donors (Lipinski definition) is 1. The Hall–Kier alpha value is -2.55. The fourth-order valence-electron chi connectivity index (χ4n) is 2.11. The van der Waals surface area contributed by atoms with E-state index in [9.17, 15) is 13.6 Å². The van der Waals surface area contributed by atoms with Crippen molar-refractivity contribution in [3.8, 4) is 0 Å². The van der Waals surface area contributed by atoms with Crippen LogP contribution in [0.4, 0.5) is 14.5 Å². The van der Waals surface area contributed by atoms with Crippen LogP contribution in [0, 0.1) is 25.5 Å². The minimum absolute atomic E-state index is 0.0356. The zero-order valence-corrected chi connectivity index (χ0v) is 13.7. The molecule has 6 nitrogen and oxygen atoms in total. The quantitative estimate of drug-likeness (QED) is 0.733. The molecule has 0 bridgehead atoms. The molecule has 9 heteroatoms. The third kappa shape index (κ3) is 3.51. The van der Waals surface area contributed by atoms with Gasteiger partial charge in [0.25, 0.3) is 5.78 Å². The Bertz CT molecular complexity index is 928. The second kappa shape index (κ2) is 6.52. The van der Waals surface area contributed by atoms with Crippen LogP contribution in [0.1, 0.15) is 11.4 Å². The number of nitrogens with zero attached hydrogens (tertiary/aromatic N) is 4. The molecule has 3 rings (SSSR count). The number of thioether (sulfide) groups is 1. The number of fused-ring (bicyclic) bond motifs is 1. The molecule has 0 fully saturated rings. The Morgan fingerprint density at radius 1 is 1.21 bits per heavy atom. The first-order valence-electron chi connectivity index (χ1n) is 7.01. The van der Waals surface area contributed by atoms with E-state index in [1.807, 2.05) is 19.9 Å². The number of aromatic nitrogens is 4. The lowest BCUT2D eigenvalue weighted by Gasteiger charge is -2.04. The molecule has 1 N–H and O–H groups in total. The summed E-state index contributed by atoms with van der Waals surface area (Å²) in [5.74, 6) is -1.84. The molecule has 0 aliphatic rings. The second-order valence-corrected chi connectivity index (χ2v) is 6.05. The van der Waals surface area contributed by atoms with Gasteiger partial charge >= 0.3 is 0 Å². The van der Waals surface area contributed by atoms with Crippen LogP contribution in [0.25, 0.3) is 5.78 Å². The molecule has 0 radical (unpaired) electrons. The van der Waals surface area contributed by atoms with E-state index in [0.717, 1.165) is 35.3 Å². The van der Waals surface area contributed by atoms with Crippen LogP contribution in [0.5, 0.6) is 0 Å². The Kier molecular flexibility index (Phi) is 4.43. The first-order valence-corrected chi connectivity index (χ1v) is 7.99. The number of anilines is 1. The van der Waals surface area contributed by atoms with E-state index >= 15 is 0 Å². The number of amides is 1. The summed E-state index contributed by atoms with van der Waals surface area (Å²) >= 11 is 1.13. The van der Waals surface area contributed by atoms with Gasteiger partial charge in [-0.2, -0.15) is 4.98 Å². The lowest BCUT2D eigenvalue weighted by atomic mass is 10.3. The Morgan fingerprint density at radius 3 is 2.75 bits per heavy atom. The van der Waals surface area contributed by atoms with Crippen LogP contribution in [0.3, 0.4) is 0 Å². The maximum absolute atomic E-state index is 13.1. The van der Waals surface area contributed by atoms with Crippen molar-refractivity contribution in [3.05, 3.63) is 47.3 Å². The molecule has 1 amide bonds. The summed E-state index contributed by atoms with van der Waals surface area (Å²) in [6.45, 7) is 3.75. The molecule has 24 heavy (non-hydrogen) atoms. The lowest BCUT2D eigenvalue weighted by Crippen LogP contribution is -2.14. The van der Waals surface area contributed by atoms with E-state index in [4.69, 9.17) is 0 Å². The third-order valence-corrected chi connectivity index (χ3v) is 3.97.